The van der Waals surface area contributed by atoms with Crippen LogP contribution in [0.15, 0.2) is 54.6 Å². The fraction of sp³-hybridized carbons (Fsp3) is 0.375. The molecule has 3 aromatic rings. The van der Waals surface area contributed by atoms with Gasteiger partial charge in [0.1, 0.15) is 11.8 Å². The summed E-state index contributed by atoms with van der Waals surface area (Å²) < 4.78 is 99.2. The molecule has 2 aromatic carbocycles. The molecule has 4 N–H and O–H groups in total. The molecular formula is C24H24F6N2O5S. The van der Waals surface area contributed by atoms with Gasteiger partial charge in [-0.25, -0.2) is 9.47 Å². The fourth-order valence-electron chi connectivity index (χ4n) is 3.08. The summed E-state index contributed by atoms with van der Waals surface area (Å²) in [4.78, 5) is 12.2. The van der Waals surface area contributed by atoms with Crippen molar-refractivity contribution in [3.63, 3.8) is 0 Å². The maximum Gasteiger partial charge on any atom is 0.494 e. The van der Waals surface area contributed by atoms with Gasteiger partial charge in [-0.15, -0.1) is 20.1 Å². The molecular weight excluding hydrogens is 542 g/mol. The molecule has 7 nitrogen and oxygen atoms in total. The average molecular weight is 567 g/mol. The lowest BCUT2D eigenvalue weighted by molar-refractivity contribution is -0.514. The number of hydrogen-bond acceptors (Lipinski definition) is 8. The number of halogens is 6. The van der Waals surface area contributed by atoms with E-state index in [0.29, 0.717) is 0 Å². The van der Waals surface area contributed by atoms with Crippen molar-refractivity contribution in [2.24, 2.45) is 11.5 Å². The van der Waals surface area contributed by atoms with E-state index in [1.165, 1.54) is 17.4 Å². The zero-order valence-corrected chi connectivity index (χ0v) is 20.5. The number of hydrogen-bond donors (Lipinski definition) is 2. The number of thiophene rings is 1. The Morgan fingerprint density at radius 3 is 2.16 bits per heavy atom. The van der Waals surface area contributed by atoms with Crippen LogP contribution in [0.25, 0.3) is 20.5 Å². The summed E-state index contributed by atoms with van der Waals surface area (Å²) in [5.74, 6) is -0.944. The predicted molar refractivity (Wildman–Crippen MR) is 127 cm³/mol. The van der Waals surface area contributed by atoms with Gasteiger partial charge in [0, 0.05) is 16.1 Å². The Labute approximate surface area is 217 Å². The molecule has 0 aliphatic rings. The van der Waals surface area contributed by atoms with E-state index in [1.807, 2.05) is 36.4 Å². The number of nitrogens with two attached hydrogens (primary N) is 2. The van der Waals surface area contributed by atoms with Crippen LogP contribution < -0.4 is 16.2 Å². The van der Waals surface area contributed by atoms with Crippen LogP contribution in [0, 0.1) is 0 Å². The highest BCUT2D eigenvalue weighted by atomic mass is 32.1. The van der Waals surface area contributed by atoms with Gasteiger partial charge in [0.05, 0.1) is 26.1 Å². The smallest absolute Gasteiger partial charge is 0.493 e. The Hall–Kier alpha value is -2.91. The lowest BCUT2D eigenvalue weighted by Gasteiger charge is -2.26. The van der Waals surface area contributed by atoms with Crippen LogP contribution in [0.4, 0.5) is 26.3 Å². The molecule has 208 valence electrons. The third-order valence-electron chi connectivity index (χ3n) is 4.94. The molecule has 0 aliphatic heterocycles. The van der Waals surface area contributed by atoms with E-state index in [4.69, 9.17) is 16.2 Å². The number of esters is 1. The van der Waals surface area contributed by atoms with Gasteiger partial charge in [-0.3, -0.25) is 4.79 Å². The maximum atomic E-state index is 13.9. The molecule has 0 saturated heterocycles. The topological polar surface area (TPSA) is 106 Å². The van der Waals surface area contributed by atoms with Crippen molar-refractivity contribution in [2.45, 2.75) is 37.4 Å². The minimum Gasteiger partial charge on any atom is -0.493 e. The second-order valence-corrected chi connectivity index (χ2v) is 9.06. The summed E-state index contributed by atoms with van der Waals surface area (Å²) in [6, 6.07) is 15.1. The lowest BCUT2D eigenvalue weighted by atomic mass is 10.1. The molecule has 1 atom stereocenters. The minimum atomic E-state index is -5.37. The molecule has 0 fully saturated rings. The van der Waals surface area contributed by atoms with Gasteiger partial charge in [0.25, 0.3) is 0 Å². The number of carbonyl (C=O) groups is 1. The molecule has 1 unspecified atom stereocenters. The Morgan fingerprint density at radius 2 is 1.53 bits per heavy atom. The number of rotatable bonds is 14. The SMILES string of the molecule is NCC(N)C(=O)OCCC(F)(F)OC(F)(F)OC(F)(F)CCOc1ccc2cc(-c3ccccc3)sc2c1. The van der Waals surface area contributed by atoms with Crippen molar-refractivity contribution in [1.82, 2.24) is 0 Å². The van der Waals surface area contributed by atoms with Gasteiger partial charge in [-0.1, -0.05) is 30.3 Å². The quantitative estimate of drug-likeness (QED) is 0.154. The predicted octanol–water partition coefficient (Wildman–Crippen LogP) is 5.33. The summed E-state index contributed by atoms with van der Waals surface area (Å²) in [5.41, 5.74) is 11.3. The number of alkyl halides is 6. The van der Waals surface area contributed by atoms with Gasteiger partial charge < -0.3 is 20.9 Å². The Balaban J connectivity index is 1.49. The zero-order valence-electron chi connectivity index (χ0n) is 19.7. The van der Waals surface area contributed by atoms with Crippen LogP contribution in [0.2, 0.25) is 0 Å². The van der Waals surface area contributed by atoms with Crippen LogP contribution in [0.5, 0.6) is 5.75 Å². The van der Waals surface area contributed by atoms with Crippen LogP contribution in [0.3, 0.4) is 0 Å². The van der Waals surface area contributed by atoms with Crippen molar-refractivity contribution in [3.05, 3.63) is 54.6 Å². The number of benzene rings is 2. The fourth-order valence-corrected chi connectivity index (χ4v) is 4.17. The highest BCUT2D eigenvalue weighted by molar-refractivity contribution is 7.22. The lowest BCUT2D eigenvalue weighted by Crippen LogP contribution is -2.42. The van der Waals surface area contributed by atoms with Crippen LogP contribution in [-0.2, 0) is 19.0 Å². The Bertz CT molecular complexity index is 1210. The highest BCUT2D eigenvalue weighted by Gasteiger charge is 2.52. The molecule has 1 aromatic heterocycles. The van der Waals surface area contributed by atoms with E-state index in [0.717, 1.165) is 20.5 Å². The first-order valence-corrected chi connectivity index (χ1v) is 12.0. The van der Waals surface area contributed by atoms with Gasteiger partial charge in [-0.05, 0) is 35.2 Å². The maximum absolute atomic E-state index is 13.9. The minimum absolute atomic E-state index is 0.202. The molecule has 0 saturated carbocycles. The first-order valence-electron chi connectivity index (χ1n) is 11.2. The van der Waals surface area contributed by atoms with Gasteiger partial charge >= 0.3 is 24.5 Å². The molecule has 0 spiro atoms. The molecule has 0 bridgehead atoms. The van der Waals surface area contributed by atoms with Crippen LogP contribution in [0.1, 0.15) is 12.8 Å². The van der Waals surface area contributed by atoms with Crippen molar-refractivity contribution < 1.29 is 50.1 Å². The summed E-state index contributed by atoms with van der Waals surface area (Å²) in [6.45, 7) is -2.19. The molecule has 0 radical (unpaired) electrons. The van der Waals surface area contributed by atoms with E-state index in [-0.39, 0.29) is 12.3 Å². The third kappa shape index (κ3) is 8.84. The van der Waals surface area contributed by atoms with Gasteiger partial charge in [-0.2, -0.15) is 17.6 Å². The Kier molecular flexibility index (Phi) is 9.59. The molecule has 3 rings (SSSR count). The standard InChI is InChI=1S/C24H24F6N2O5S/c25-22(26,36-24(29,30)37-23(27,28)9-11-35-21(33)18(32)14-31)8-10-34-17-7-6-16-12-19(38-20(16)13-17)15-4-2-1-3-5-15/h1-7,12-13,18H,8-11,14,31-32H2. The van der Waals surface area contributed by atoms with Crippen molar-refractivity contribution in [1.29, 1.82) is 0 Å². The zero-order chi connectivity index (χ0) is 28.0. The summed E-state index contributed by atoms with van der Waals surface area (Å²) in [5, 5.41) is 0.893. The van der Waals surface area contributed by atoms with Crippen molar-refractivity contribution in [2.75, 3.05) is 19.8 Å². The second kappa shape index (κ2) is 12.3. The van der Waals surface area contributed by atoms with Crippen LogP contribution in [-0.4, -0.2) is 50.3 Å². The summed E-state index contributed by atoms with van der Waals surface area (Å²) in [6.07, 6.45) is -17.6. The molecule has 14 heteroatoms. The first kappa shape index (κ1) is 29.6. The first-order chi connectivity index (χ1) is 17.8. The summed E-state index contributed by atoms with van der Waals surface area (Å²) >= 11 is 1.45. The van der Waals surface area contributed by atoms with Crippen molar-refractivity contribution >= 4 is 27.4 Å². The molecule has 0 amide bonds. The van der Waals surface area contributed by atoms with Gasteiger partial charge in [0.2, 0.25) is 0 Å². The molecule has 0 aliphatic carbocycles. The Morgan fingerprint density at radius 1 is 0.895 bits per heavy atom. The van der Waals surface area contributed by atoms with E-state index in [9.17, 15) is 31.1 Å². The average Bonchev–Trinajstić information content (AvgIpc) is 3.25. The van der Waals surface area contributed by atoms with Crippen LogP contribution >= 0.6 is 11.3 Å². The normalized spacial score (nSPS) is 13.5. The molecule has 1 heterocycles. The van der Waals surface area contributed by atoms with E-state index in [2.05, 4.69) is 14.2 Å². The highest BCUT2D eigenvalue weighted by Crippen LogP contribution is 2.37. The number of carbonyl (C=O) groups excluding carboxylic acids is 1. The third-order valence-corrected chi connectivity index (χ3v) is 6.09. The number of ether oxygens (including phenoxy) is 4. The molecule has 38 heavy (non-hydrogen) atoms. The van der Waals surface area contributed by atoms with E-state index < -0.39 is 56.6 Å². The van der Waals surface area contributed by atoms with Gasteiger partial charge in [0.15, 0.2) is 0 Å². The van der Waals surface area contributed by atoms with E-state index >= 15 is 0 Å². The summed E-state index contributed by atoms with van der Waals surface area (Å²) in [7, 11) is 0. The second-order valence-electron chi connectivity index (χ2n) is 7.98. The van der Waals surface area contributed by atoms with E-state index in [1.54, 1.807) is 12.1 Å². The largest absolute Gasteiger partial charge is 0.494 e. The monoisotopic (exact) mass is 566 g/mol. The number of fused-ring (bicyclic) bond motifs is 1. The van der Waals surface area contributed by atoms with Crippen molar-refractivity contribution in [3.8, 4) is 16.2 Å².